The first kappa shape index (κ1) is 17.9. The number of carbonyl (C=O) groups is 1. The second-order valence-corrected chi connectivity index (χ2v) is 6.75. The van der Waals surface area contributed by atoms with Gasteiger partial charge in [-0.05, 0) is 37.1 Å². The van der Waals surface area contributed by atoms with Crippen molar-refractivity contribution in [1.82, 2.24) is 15.5 Å². The third-order valence-corrected chi connectivity index (χ3v) is 4.82. The quantitative estimate of drug-likeness (QED) is 0.794. The van der Waals surface area contributed by atoms with E-state index in [9.17, 15) is 4.79 Å². The van der Waals surface area contributed by atoms with Crippen LogP contribution in [0.15, 0.2) is 21.3 Å². The Labute approximate surface area is 145 Å². The lowest BCUT2D eigenvalue weighted by molar-refractivity contribution is -0.123. The molecule has 3 rings (SSSR count). The Bertz CT molecular complexity index is 642. The van der Waals surface area contributed by atoms with Crippen LogP contribution in [0.3, 0.4) is 0 Å². The lowest BCUT2D eigenvalue weighted by atomic mass is 9.95. The molecule has 0 bridgehead atoms. The van der Waals surface area contributed by atoms with Gasteiger partial charge in [0, 0.05) is 30.3 Å². The smallest absolute Gasteiger partial charge is 0.227 e. The van der Waals surface area contributed by atoms with Crippen LogP contribution < -0.4 is 11.1 Å². The molecule has 23 heavy (non-hydrogen) atoms. The Morgan fingerprint density at radius 3 is 2.96 bits per heavy atom. The highest BCUT2D eigenvalue weighted by molar-refractivity contribution is 7.08. The van der Waals surface area contributed by atoms with Crippen molar-refractivity contribution in [2.45, 2.75) is 38.1 Å². The average Bonchev–Trinajstić information content (AvgIpc) is 3.04. The minimum absolute atomic E-state index is 0. The zero-order chi connectivity index (χ0) is 15.6. The van der Waals surface area contributed by atoms with Gasteiger partial charge in [-0.3, -0.25) is 4.79 Å². The molecule has 2 heterocycles. The first-order valence-electron chi connectivity index (χ1n) is 7.47. The van der Waals surface area contributed by atoms with Crippen molar-refractivity contribution in [2.24, 2.45) is 11.7 Å². The van der Waals surface area contributed by atoms with Crippen molar-refractivity contribution in [3.63, 3.8) is 0 Å². The lowest BCUT2D eigenvalue weighted by Gasteiger charge is -2.29. The standard InChI is InChI=1S/C15H20N4O2S.ClH/c1-15(9-16,11-2-3-11)18-12(20)4-5-13-17-14(19-21-13)10-6-7-22-8-10;/h6-8,11H,2-5,9,16H2,1H3,(H,18,20);1H. The number of hydrogen-bond acceptors (Lipinski definition) is 6. The van der Waals surface area contributed by atoms with Crippen LogP contribution in [0.2, 0.25) is 0 Å². The van der Waals surface area contributed by atoms with Crippen molar-refractivity contribution in [3.05, 3.63) is 22.7 Å². The maximum atomic E-state index is 12.1. The van der Waals surface area contributed by atoms with Crippen LogP contribution in [-0.4, -0.2) is 28.1 Å². The number of hydrogen-bond donors (Lipinski definition) is 2. The summed E-state index contributed by atoms with van der Waals surface area (Å²) in [7, 11) is 0. The highest BCUT2D eigenvalue weighted by Crippen LogP contribution is 2.39. The van der Waals surface area contributed by atoms with E-state index in [1.807, 2.05) is 23.8 Å². The van der Waals surface area contributed by atoms with Crippen LogP contribution in [-0.2, 0) is 11.2 Å². The molecule has 8 heteroatoms. The van der Waals surface area contributed by atoms with Gasteiger partial charge in [0.1, 0.15) is 0 Å². The monoisotopic (exact) mass is 356 g/mol. The van der Waals surface area contributed by atoms with Crippen molar-refractivity contribution in [2.75, 3.05) is 6.54 Å². The summed E-state index contributed by atoms with van der Waals surface area (Å²) >= 11 is 1.58. The zero-order valence-corrected chi connectivity index (χ0v) is 14.6. The molecular weight excluding hydrogens is 336 g/mol. The molecule has 6 nitrogen and oxygen atoms in total. The van der Waals surface area contributed by atoms with Crippen molar-refractivity contribution < 1.29 is 9.32 Å². The molecule has 0 saturated heterocycles. The first-order chi connectivity index (χ1) is 10.6. The predicted molar refractivity (Wildman–Crippen MR) is 91.5 cm³/mol. The molecule has 0 spiro atoms. The fraction of sp³-hybridized carbons (Fsp3) is 0.533. The zero-order valence-electron chi connectivity index (χ0n) is 12.9. The summed E-state index contributed by atoms with van der Waals surface area (Å²) in [5.74, 6) is 1.55. The molecule has 1 atom stereocenters. The summed E-state index contributed by atoms with van der Waals surface area (Å²) in [5.41, 5.74) is 6.46. The van der Waals surface area contributed by atoms with E-state index in [1.54, 1.807) is 11.3 Å². The van der Waals surface area contributed by atoms with Crippen molar-refractivity contribution in [1.29, 1.82) is 0 Å². The molecule has 2 aromatic rings. The van der Waals surface area contributed by atoms with E-state index in [-0.39, 0.29) is 23.9 Å². The molecule has 1 saturated carbocycles. The van der Waals surface area contributed by atoms with Gasteiger partial charge in [-0.2, -0.15) is 16.3 Å². The molecule has 1 unspecified atom stereocenters. The van der Waals surface area contributed by atoms with E-state index in [1.165, 1.54) is 0 Å². The largest absolute Gasteiger partial charge is 0.349 e. The summed E-state index contributed by atoms with van der Waals surface area (Å²) in [5, 5.41) is 10.9. The number of aryl methyl sites for hydroxylation is 1. The van der Waals surface area contributed by atoms with Crippen LogP contribution in [0.4, 0.5) is 0 Å². The first-order valence-corrected chi connectivity index (χ1v) is 8.41. The maximum Gasteiger partial charge on any atom is 0.227 e. The number of nitrogens with one attached hydrogen (secondary N) is 1. The van der Waals surface area contributed by atoms with Crippen molar-refractivity contribution >= 4 is 29.7 Å². The molecule has 1 aliphatic carbocycles. The topological polar surface area (TPSA) is 94.0 Å². The molecule has 0 radical (unpaired) electrons. The van der Waals surface area contributed by atoms with Gasteiger partial charge in [-0.15, -0.1) is 12.4 Å². The number of rotatable bonds is 7. The Kier molecular flexibility index (Phi) is 5.78. The highest BCUT2D eigenvalue weighted by atomic mass is 35.5. The van der Waals surface area contributed by atoms with Gasteiger partial charge in [0.15, 0.2) is 0 Å². The second-order valence-electron chi connectivity index (χ2n) is 5.97. The number of halogens is 1. The molecule has 1 aliphatic rings. The highest BCUT2D eigenvalue weighted by Gasteiger charge is 2.41. The van der Waals surface area contributed by atoms with Crippen LogP contribution in [0.25, 0.3) is 11.4 Å². The van der Waals surface area contributed by atoms with Gasteiger partial charge in [0.2, 0.25) is 17.6 Å². The number of amides is 1. The maximum absolute atomic E-state index is 12.1. The fourth-order valence-corrected chi connectivity index (χ4v) is 3.14. The summed E-state index contributed by atoms with van der Waals surface area (Å²) in [6, 6.07) is 1.94. The van der Waals surface area contributed by atoms with E-state index in [0.29, 0.717) is 37.0 Å². The van der Waals surface area contributed by atoms with E-state index in [0.717, 1.165) is 18.4 Å². The normalized spacial score (nSPS) is 16.4. The number of thiophene rings is 1. The number of carbonyl (C=O) groups excluding carboxylic acids is 1. The predicted octanol–water partition coefficient (Wildman–Crippen LogP) is 2.40. The average molecular weight is 357 g/mol. The van der Waals surface area contributed by atoms with E-state index >= 15 is 0 Å². The molecule has 3 N–H and O–H groups in total. The van der Waals surface area contributed by atoms with Crippen molar-refractivity contribution in [3.8, 4) is 11.4 Å². The van der Waals surface area contributed by atoms with Crippen LogP contribution in [0, 0.1) is 5.92 Å². The number of nitrogens with two attached hydrogens (primary N) is 1. The Morgan fingerprint density at radius 1 is 1.57 bits per heavy atom. The minimum atomic E-state index is -0.284. The fourth-order valence-electron chi connectivity index (χ4n) is 2.51. The summed E-state index contributed by atoms with van der Waals surface area (Å²) < 4.78 is 5.19. The van der Waals surface area contributed by atoms with Gasteiger partial charge in [-0.25, -0.2) is 0 Å². The lowest BCUT2D eigenvalue weighted by Crippen LogP contribution is -2.53. The Morgan fingerprint density at radius 2 is 2.35 bits per heavy atom. The number of aromatic nitrogens is 2. The Balaban J connectivity index is 0.00000192. The number of nitrogens with zero attached hydrogens (tertiary/aromatic N) is 2. The van der Waals surface area contributed by atoms with Gasteiger partial charge in [0.05, 0.1) is 5.54 Å². The molecule has 1 amide bonds. The minimum Gasteiger partial charge on any atom is -0.349 e. The van der Waals surface area contributed by atoms with Gasteiger partial charge >= 0.3 is 0 Å². The van der Waals surface area contributed by atoms with Gasteiger partial charge in [-0.1, -0.05) is 5.16 Å². The van der Waals surface area contributed by atoms with E-state index < -0.39 is 0 Å². The second kappa shape index (κ2) is 7.42. The molecule has 0 aliphatic heterocycles. The van der Waals surface area contributed by atoms with Crippen LogP contribution in [0.5, 0.6) is 0 Å². The van der Waals surface area contributed by atoms with E-state index in [4.69, 9.17) is 10.3 Å². The molecule has 0 aromatic carbocycles. The van der Waals surface area contributed by atoms with Gasteiger partial charge in [0.25, 0.3) is 0 Å². The molecular formula is C15H21ClN4O2S. The third kappa shape index (κ3) is 4.31. The van der Waals surface area contributed by atoms with Crippen LogP contribution in [0.1, 0.15) is 32.1 Å². The summed E-state index contributed by atoms with van der Waals surface area (Å²) in [6.07, 6.45) is 3.05. The van der Waals surface area contributed by atoms with E-state index in [2.05, 4.69) is 15.5 Å². The SMILES string of the molecule is CC(CN)(NC(=O)CCc1nc(-c2ccsc2)no1)C1CC1.Cl. The summed E-state index contributed by atoms with van der Waals surface area (Å²) in [6.45, 7) is 2.48. The molecule has 126 valence electrons. The molecule has 2 aromatic heterocycles. The Hall–Kier alpha value is -1.44. The van der Waals surface area contributed by atoms with Crippen LogP contribution >= 0.6 is 23.7 Å². The molecule has 1 fully saturated rings. The third-order valence-electron chi connectivity index (χ3n) is 4.14. The summed E-state index contributed by atoms with van der Waals surface area (Å²) in [4.78, 5) is 16.4. The van der Waals surface area contributed by atoms with Gasteiger partial charge < -0.3 is 15.6 Å².